The Hall–Kier alpha value is -1.79. The minimum absolute atomic E-state index is 0.102. The maximum absolute atomic E-state index is 12.3. The second kappa shape index (κ2) is 6.98. The Balaban J connectivity index is 2.04. The van der Waals surface area contributed by atoms with Crippen LogP contribution in [0.3, 0.4) is 0 Å². The van der Waals surface area contributed by atoms with Gasteiger partial charge in [0.15, 0.2) is 0 Å². The summed E-state index contributed by atoms with van der Waals surface area (Å²) in [5.41, 5.74) is -0.532. The van der Waals surface area contributed by atoms with Crippen molar-refractivity contribution in [2.24, 2.45) is 5.41 Å². The van der Waals surface area contributed by atoms with Crippen molar-refractivity contribution in [3.8, 4) is 5.75 Å². The number of aliphatic carboxylic acids is 1. The number of carboxylic acids is 1. The molecule has 7 heteroatoms. The molecule has 120 valence electrons. The van der Waals surface area contributed by atoms with E-state index in [4.69, 9.17) is 26.2 Å². The van der Waals surface area contributed by atoms with E-state index in [1.807, 2.05) is 0 Å². The molecular formula is C15H18ClNO5. The van der Waals surface area contributed by atoms with Gasteiger partial charge < -0.3 is 19.9 Å². The highest BCUT2D eigenvalue weighted by molar-refractivity contribution is 6.31. The molecule has 1 aromatic rings. The van der Waals surface area contributed by atoms with E-state index in [0.717, 1.165) is 0 Å². The topological polar surface area (TPSA) is 84.9 Å². The molecule has 1 saturated carbocycles. The van der Waals surface area contributed by atoms with Gasteiger partial charge in [-0.25, -0.2) is 0 Å². The second-order valence-electron chi connectivity index (χ2n) is 5.25. The fraction of sp³-hybridized carbons (Fsp3) is 0.467. The third-order valence-electron chi connectivity index (χ3n) is 3.63. The molecule has 0 radical (unpaired) electrons. The van der Waals surface area contributed by atoms with Gasteiger partial charge in [0, 0.05) is 18.7 Å². The number of hydrogen-bond acceptors (Lipinski definition) is 4. The summed E-state index contributed by atoms with van der Waals surface area (Å²) >= 11 is 5.92. The zero-order chi connectivity index (χ0) is 16.2. The van der Waals surface area contributed by atoms with E-state index >= 15 is 0 Å². The summed E-state index contributed by atoms with van der Waals surface area (Å²) < 4.78 is 10.4. The summed E-state index contributed by atoms with van der Waals surface area (Å²) in [5, 5.41) is 12.2. The lowest BCUT2D eigenvalue weighted by Crippen LogP contribution is -2.34. The van der Waals surface area contributed by atoms with Crippen molar-refractivity contribution in [1.29, 1.82) is 0 Å². The van der Waals surface area contributed by atoms with Gasteiger partial charge in [-0.1, -0.05) is 11.6 Å². The van der Waals surface area contributed by atoms with Gasteiger partial charge in [0.2, 0.25) is 0 Å². The lowest BCUT2D eigenvalue weighted by atomic mass is 10.1. The first-order valence-electron chi connectivity index (χ1n) is 6.91. The van der Waals surface area contributed by atoms with E-state index in [1.165, 1.54) is 6.07 Å². The van der Waals surface area contributed by atoms with Crippen LogP contribution in [0.5, 0.6) is 5.75 Å². The third-order valence-corrected chi connectivity index (χ3v) is 3.86. The highest BCUT2D eigenvalue weighted by atomic mass is 35.5. The van der Waals surface area contributed by atoms with Gasteiger partial charge >= 0.3 is 5.97 Å². The molecule has 6 nitrogen and oxygen atoms in total. The summed E-state index contributed by atoms with van der Waals surface area (Å²) in [6.45, 7) is 0.800. The monoisotopic (exact) mass is 327 g/mol. The summed E-state index contributed by atoms with van der Waals surface area (Å²) in [5.74, 6) is -0.892. The SMILES string of the molecule is COCCOc1ccc(Cl)cc1C(=O)NCC1(C(=O)O)CC1. The first kappa shape index (κ1) is 16.6. The van der Waals surface area contributed by atoms with Crippen molar-refractivity contribution in [3.63, 3.8) is 0 Å². The Morgan fingerprint density at radius 3 is 2.68 bits per heavy atom. The number of hydrogen-bond donors (Lipinski definition) is 2. The lowest BCUT2D eigenvalue weighted by molar-refractivity contribution is -0.143. The van der Waals surface area contributed by atoms with Crippen LogP contribution in [-0.4, -0.2) is 43.9 Å². The molecule has 1 amide bonds. The minimum Gasteiger partial charge on any atom is -0.490 e. The normalized spacial score (nSPS) is 15.2. The predicted octanol–water partition coefficient (Wildman–Crippen LogP) is 1.96. The molecule has 0 aliphatic heterocycles. The molecule has 0 atom stereocenters. The van der Waals surface area contributed by atoms with Crippen LogP contribution in [-0.2, 0) is 9.53 Å². The summed E-state index contributed by atoms with van der Waals surface area (Å²) in [6, 6.07) is 4.73. The number of halogens is 1. The van der Waals surface area contributed by atoms with E-state index in [9.17, 15) is 9.59 Å². The molecule has 0 spiro atoms. The molecule has 0 unspecified atom stereocenters. The number of carbonyl (C=O) groups excluding carboxylic acids is 1. The molecule has 1 aliphatic carbocycles. The number of benzene rings is 1. The Kier molecular flexibility index (Phi) is 5.26. The van der Waals surface area contributed by atoms with Gasteiger partial charge in [-0.15, -0.1) is 0 Å². The molecule has 1 fully saturated rings. The van der Waals surface area contributed by atoms with Gasteiger partial charge in [0.1, 0.15) is 12.4 Å². The molecule has 22 heavy (non-hydrogen) atoms. The Morgan fingerprint density at radius 2 is 2.09 bits per heavy atom. The van der Waals surface area contributed by atoms with Crippen molar-refractivity contribution in [1.82, 2.24) is 5.32 Å². The largest absolute Gasteiger partial charge is 0.490 e. The molecule has 0 bridgehead atoms. The zero-order valence-electron chi connectivity index (χ0n) is 12.2. The number of amides is 1. The molecule has 0 aromatic heterocycles. The molecule has 0 saturated heterocycles. The van der Waals surface area contributed by atoms with Crippen LogP contribution in [0.4, 0.5) is 0 Å². The third kappa shape index (κ3) is 3.90. The predicted molar refractivity (Wildman–Crippen MR) is 80.5 cm³/mol. The van der Waals surface area contributed by atoms with Crippen molar-refractivity contribution in [2.75, 3.05) is 26.9 Å². The lowest BCUT2D eigenvalue weighted by Gasteiger charge is -2.14. The van der Waals surface area contributed by atoms with E-state index in [0.29, 0.717) is 36.8 Å². The van der Waals surface area contributed by atoms with Gasteiger partial charge in [-0.3, -0.25) is 9.59 Å². The Bertz CT molecular complexity index is 571. The summed E-state index contributed by atoms with van der Waals surface area (Å²) in [6.07, 6.45) is 1.16. The maximum Gasteiger partial charge on any atom is 0.311 e. The fourth-order valence-electron chi connectivity index (χ4n) is 2.00. The molecule has 1 aliphatic rings. The molecular weight excluding hydrogens is 310 g/mol. The second-order valence-corrected chi connectivity index (χ2v) is 5.69. The summed E-state index contributed by atoms with van der Waals surface area (Å²) in [7, 11) is 1.56. The molecule has 2 rings (SSSR count). The molecule has 1 aromatic carbocycles. The van der Waals surface area contributed by atoms with Crippen molar-refractivity contribution < 1.29 is 24.2 Å². The van der Waals surface area contributed by atoms with Crippen LogP contribution >= 0.6 is 11.6 Å². The van der Waals surface area contributed by atoms with Crippen LogP contribution in [0, 0.1) is 5.41 Å². The smallest absolute Gasteiger partial charge is 0.311 e. The van der Waals surface area contributed by atoms with Crippen molar-refractivity contribution in [2.45, 2.75) is 12.8 Å². The Morgan fingerprint density at radius 1 is 1.36 bits per heavy atom. The van der Waals surface area contributed by atoms with Crippen LogP contribution in [0.2, 0.25) is 5.02 Å². The van der Waals surface area contributed by atoms with Crippen molar-refractivity contribution in [3.05, 3.63) is 28.8 Å². The van der Waals surface area contributed by atoms with E-state index < -0.39 is 17.3 Å². The van der Waals surface area contributed by atoms with Crippen LogP contribution in [0.25, 0.3) is 0 Å². The standard InChI is InChI=1S/C15H18ClNO5/c1-21-6-7-22-12-3-2-10(16)8-11(12)13(18)17-9-15(4-5-15)14(19)20/h2-3,8H,4-7,9H2,1H3,(H,17,18)(H,19,20). The van der Waals surface area contributed by atoms with Gasteiger partial charge in [0.25, 0.3) is 5.91 Å². The van der Waals surface area contributed by atoms with Crippen molar-refractivity contribution >= 4 is 23.5 Å². The minimum atomic E-state index is -0.879. The number of nitrogens with one attached hydrogen (secondary N) is 1. The van der Waals surface area contributed by atoms with Gasteiger partial charge in [0.05, 0.1) is 17.6 Å². The van der Waals surface area contributed by atoms with Crippen LogP contribution < -0.4 is 10.1 Å². The number of methoxy groups -OCH3 is 1. The first-order valence-corrected chi connectivity index (χ1v) is 7.29. The Labute approximate surface area is 133 Å². The number of rotatable bonds is 8. The van der Waals surface area contributed by atoms with E-state index in [-0.39, 0.29) is 12.1 Å². The van der Waals surface area contributed by atoms with E-state index in [2.05, 4.69) is 5.32 Å². The van der Waals surface area contributed by atoms with Crippen LogP contribution in [0.15, 0.2) is 18.2 Å². The van der Waals surface area contributed by atoms with Crippen LogP contribution in [0.1, 0.15) is 23.2 Å². The highest BCUT2D eigenvalue weighted by Gasteiger charge is 2.50. The zero-order valence-corrected chi connectivity index (χ0v) is 13.0. The average Bonchev–Trinajstić information content (AvgIpc) is 3.28. The molecule has 0 heterocycles. The van der Waals surface area contributed by atoms with E-state index in [1.54, 1.807) is 19.2 Å². The number of carboxylic acid groups (broad SMARTS) is 1. The fourth-order valence-corrected chi connectivity index (χ4v) is 2.17. The highest BCUT2D eigenvalue weighted by Crippen LogP contribution is 2.45. The van der Waals surface area contributed by atoms with Gasteiger partial charge in [-0.05, 0) is 31.0 Å². The molecule has 2 N–H and O–H groups in total. The number of ether oxygens (including phenoxy) is 2. The number of carbonyl (C=O) groups is 2. The average molecular weight is 328 g/mol. The van der Waals surface area contributed by atoms with Gasteiger partial charge in [-0.2, -0.15) is 0 Å². The quantitative estimate of drug-likeness (QED) is 0.713. The summed E-state index contributed by atoms with van der Waals surface area (Å²) in [4.78, 5) is 23.4. The maximum atomic E-state index is 12.3. The first-order chi connectivity index (χ1) is 10.5.